The summed E-state index contributed by atoms with van der Waals surface area (Å²) < 4.78 is 5.50. The fraction of sp³-hybridized carbons (Fsp3) is 1.00. The number of nitrogens with one attached hydrogen (secondary N) is 1. The summed E-state index contributed by atoms with van der Waals surface area (Å²) in [4.78, 5) is 5.12. The molecular weight excluding hydrogens is 238 g/mol. The Labute approximate surface area is 118 Å². The Kier molecular flexibility index (Phi) is 6.07. The first-order valence-corrected chi connectivity index (χ1v) is 7.85. The Hall–Kier alpha value is -0.160. The van der Waals surface area contributed by atoms with E-state index in [4.69, 9.17) is 4.74 Å². The molecule has 0 bridgehead atoms. The molecule has 2 fully saturated rings. The quantitative estimate of drug-likeness (QED) is 0.747. The molecular formula is C15H31N3O. The fourth-order valence-corrected chi connectivity index (χ4v) is 3.58. The van der Waals surface area contributed by atoms with Gasteiger partial charge in [-0.3, -0.25) is 0 Å². The van der Waals surface area contributed by atoms with E-state index < -0.39 is 0 Å². The largest absolute Gasteiger partial charge is 0.384 e. The Morgan fingerprint density at radius 3 is 2.53 bits per heavy atom. The summed E-state index contributed by atoms with van der Waals surface area (Å²) in [7, 11) is 4.11. The zero-order valence-corrected chi connectivity index (χ0v) is 12.8. The highest BCUT2D eigenvalue weighted by Crippen LogP contribution is 2.29. The lowest BCUT2D eigenvalue weighted by atomic mass is 9.79. The molecule has 0 unspecified atom stereocenters. The predicted molar refractivity (Wildman–Crippen MR) is 79.6 cm³/mol. The molecule has 0 aromatic heterocycles. The number of likely N-dealkylation sites (tertiary alicyclic amines) is 1. The first kappa shape index (κ1) is 15.2. The molecule has 0 radical (unpaired) electrons. The number of methoxy groups -OCH3 is 1. The number of ether oxygens (including phenoxy) is 1. The number of hydrogen-bond acceptors (Lipinski definition) is 4. The highest BCUT2D eigenvalue weighted by molar-refractivity contribution is 4.87. The van der Waals surface area contributed by atoms with E-state index in [0.717, 1.165) is 19.7 Å². The monoisotopic (exact) mass is 269 g/mol. The van der Waals surface area contributed by atoms with Gasteiger partial charge >= 0.3 is 0 Å². The molecule has 0 spiro atoms. The van der Waals surface area contributed by atoms with Gasteiger partial charge in [0.05, 0.1) is 6.61 Å². The minimum atomic E-state index is 0.375. The van der Waals surface area contributed by atoms with Crippen LogP contribution in [0.1, 0.15) is 25.7 Å². The van der Waals surface area contributed by atoms with Gasteiger partial charge in [-0.1, -0.05) is 0 Å². The second-order valence-corrected chi connectivity index (χ2v) is 6.47. The van der Waals surface area contributed by atoms with Gasteiger partial charge in [0.2, 0.25) is 0 Å². The molecule has 19 heavy (non-hydrogen) atoms. The third-order valence-electron chi connectivity index (χ3n) is 4.72. The molecule has 4 heteroatoms. The van der Waals surface area contributed by atoms with E-state index >= 15 is 0 Å². The molecule has 0 aromatic carbocycles. The van der Waals surface area contributed by atoms with Crippen LogP contribution in [0.5, 0.6) is 0 Å². The highest BCUT2D eigenvalue weighted by Gasteiger charge is 2.33. The van der Waals surface area contributed by atoms with Crippen LogP contribution in [-0.2, 0) is 4.74 Å². The van der Waals surface area contributed by atoms with Crippen LogP contribution in [0.25, 0.3) is 0 Å². The minimum Gasteiger partial charge on any atom is -0.384 e. The van der Waals surface area contributed by atoms with Gasteiger partial charge in [0.1, 0.15) is 0 Å². The smallest absolute Gasteiger partial charge is 0.0531 e. The van der Waals surface area contributed by atoms with E-state index in [1.807, 2.05) is 7.11 Å². The van der Waals surface area contributed by atoms with Gasteiger partial charge in [-0.25, -0.2) is 0 Å². The second kappa shape index (κ2) is 7.58. The minimum absolute atomic E-state index is 0.375. The third-order valence-corrected chi connectivity index (χ3v) is 4.72. The van der Waals surface area contributed by atoms with Crippen molar-refractivity contribution in [3.05, 3.63) is 0 Å². The Morgan fingerprint density at radius 2 is 1.89 bits per heavy atom. The summed E-state index contributed by atoms with van der Waals surface area (Å²) in [6.45, 7) is 9.41. The number of hydrogen-bond donors (Lipinski definition) is 1. The molecule has 1 N–H and O–H groups in total. The van der Waals surface area contributed by atoms with E-state index in [1.54, 1.807) is 0 Å². The predicted octanol–water partition coefficient (Wildman–Crippen LogP) is 1.03. The molecule has 0 aromatic rings. The molecule has 0 amide bonds. The van der Waals surface area contributed by atoms with Gasteiger partial charge in [0.25, 0.3) is 0 Å². The van der Waals surface area contributed by atoms with Crippen molar-refractivity contribution in [3.63, 3.8) is 0 Å². The summed E-state index contributed by atoms with van der Waals surface area (Å²) in [6.07, 6.45) is 5.27. The van der Waals surface area contributed by atoms with Crippen LogP contribution in [0.4, 0.5) is 0 Å². The maximum Gasteiger partial charge on any atom is 0.0531 e. The van der Waals surface area contributed by atoms with Crippen LogP contribution in [0.2, 0.25) is 0 Å². The Bertz CT molecular complexity index is 242. The summed E-state index contributed by atoms with van der Waals surface area (Å²) in [5.74, 6) is 0. The molecule has 2 rings (SSSR count). The highest BCUT2D eigenvalue weighted by atomic mass is 16.5. The van der Waals surface area contributed by atoms with Gasteiger partial charge in [0.15, 0.2) is 0 Å². The zero-order valence-electron chi connectivity index (χ0n) is 12.8. The van der Waals surface area contributed by atoms with Crippen LogP contribution in [0.15, 0.2) is 0 Å². The molecule has 4 nitrogen and oxygen atoms in total. The average Bonchev–Trinajstić information content (AvgIpc) is 2.91. The van der Waals surface area contributed by atoms with Crippen molar-refractivity contribution in [1.82, 2.24) is 15.1 Å². The molecule has 2 aliphatic heterocycles. The number of nitrogens with zero attached hydrogens (tertiary/aromatic N) is 2. The average molecular weight is 269 g/mol. The summed E-state index contributed by atoms with van der Waals surface area (Å²) in [5.41, 5.74) is 0.375. The number of rotatable bonds is 7. The fourth-order valence-electron chi connectivity index (χ4n) is 3.58. The normalized spacial score (nSPS) is 24.2. The van der Waals surface area contributed by atoms with E-state index in [1.165, 1.54) is 58.4 Å². The van der Waals surface area contributed by atoms with Crippen molar-refractivity contribution in [2.75, 3.05) is 66.6 Å². The number of likely N-dealkylation sites (N-methyl/N-ethyl adjacent to an activating group) is 1. The maximum absolute atomic E-state index is 5.50. The van der Waals surface area contributed by atoms with Crippen molar-refractivity contribution in [1.29, 1.82) is 0 Å². The first-order chi connectivity index (χ1) is 9.24. The van der Waals surface area contributed by atoms with Gasteiger partial charge in [0, 0.05) is 32.2 Å². The van der Waals surface area contributed by atoms with Crippen molar-refractivity contribution in [2.45, 2.75) is 25.7 Å². The van der Waals surface area contributed by atoms with Gasteiger partial charge in [-0.15, -0.1) is 0 Å². The van der Waals surface area contributed by atoms with Gasteiger partial charge in [-0.2, -0.15) is 0 Å². The van der Waals surface area contributed by atoms with E-state index in [2.05, 4.69) is 22.2 Å². The molecule has 2 saturated heterocycles. The second-order valence-electron chi connectivity index (χ2n) is 6.47. The van der Waals surface area contributed by atoms with Crippen LogP contribution >= 0.6 is 0 Å². The lowest BCUT2D eigenvalue weighted by Gasteiger charge is -2.40. The molecule has 2 aliphatic rings. The Morgan fingerprint density at radius 1 is 1.21 bits per heavy atom. The third kappa shape index (κ3) is 4.71. The number of piperidine rings is 1. The molecule has 112 valence electrons. The lowest BCUT2D eigenvalue weighted by Crippen LogP contribution is -2.47. The zero-order chi connectivity index (χ0) is 13.6. The van der Waals surface area contributed by atoms with E-state index in [9.17, 15) is 0 Å². The summed E-state index contributed by atoms with van der Waals surface area (Å²) >= 11 is 0. The van der Waals surface area contributed by atoms with Gasteiger partial charge < -0.3 is 19.9 Å². The molecule has 0 atom stereocenters. The summed E-state index contributed by atoms with van der Waals surface area (Å²) in [5, 5.41) is 3.47. The van der Waals surface area contributed by atoms with Crippen molar-refractivity contribution in [2.24, 2.45) is 5.41 Å². The molecule has 0 saturated carbocycles. The standard InChI is InChI=1S/C15H31N3O/c1-17(11-12-18-9-3-4-10-18)13-15(14-19-2)5-7-16-8-6-15/h16H,3-14H2,1-2H3. The van der Waals surface area contributed by atoms with Crippen LogP contribution < -0.4 is 5.32 Å². The van der Waals surface area contributed by atoms with Crippen molar-refractivity contribution in [3.8, 4) is 0 Å². The topological polar surface area (TPSA) is 27.7 Å². The lowest BCUT2D eigenvalue weighted by molar-refractivity contribution is 0.0271. The van der Waals surface area contributed by atoms with E-state index in [0.29, 0.717) is 5.41 Å². The van der Waals surface area contributed by atoms with Crippen molar-refractivity contribution >= 4 is 0 Å². The first-order valence-electron chi connectivity index (χ1n) is 7.85. The van der Waals surface area contributed by atoms with Crippen LogP contribution in [0.3, 0.4) is 0 Å². The SMILES string of the molecule is COCC1(CN(C)CCN2CCCC2)CCNCC1. The molecule has 0 aliphatic carbocycles. The summed E-state index contributed by atoms with van der Waals surface area (Å²) in [6, 6.07) is 0. The van der Waals surface area contributed by atoms with E-state index in [-0.39, 0.29) is 0 Å². The maximum atomic E-state index is 5.50. The van der Waals surface area contributed by atoms with Crippen LogP contribution in [-0.4, -0.2) is 76.4 Å². The Balaban J connectivity index is 1.75. The molecule has 2 heterocycles. The van der Waals surface area contributed by atoms with Crippen LogP contribution in [0, 0.1) is 5.41 Å². The van der Waals surface area contributed by atoms with Gasteiger partial charge in [-0.05, 0) is 58.9 Å². The van der Waals surface area contributed by atoms with Crippen molar-refractivity contribution < 1.29 is 4.74 Å².